The largest absolute Gasteiger partial charge is 0.491 e. The molecule has 1 aliphatic rings. The second-order valence-corrected chi connectivity index (χ2v) is 10.6. The summed E-state index contributed by atoms with van der Waals surface area (Å²) < 4.78 is 33.5. The molecule has 1 heterocycles. The minimum absolute atomic E-state index is 0.0360. The van der Waals surface area contributed by atoms with Crippen molar-refractivity contribution in [3.8, 4) is 5.75 Å². The van der Waals surface area contributed by atoms with Crippen LogP contribution in [0.2, 0.25) is 18.1 Å². The molecule has 0 unspecified atom stereocenters. The third-order valence-corrected chi connectivity index (χ3v) is 8.90. The van der Waals surface area contributed by atoms with Crippen LogP contribution in [-0.4, -0.2) is 15.4 Å². The molecule has 1 aromatic rings. The predicted molar refractivity (Wildman–Crippen MR) is 99.8 cm³/mol. The standard InChI is InChI=1S/C20H32F2OSi/c1-3-5-6-7-8-13-24-14-11-16(12-15-24)17-9-10-18(23-4-2)20(22)19(17)21/h9-10,16,24H,3-8,11-15H2,1-2H3/t16-,24-. The van der Waals surface area contributed by atoms with Gasteiger partial charge in [0.1, 0.15) is 0 Å². The van der Waals surface area contributed by atoms with E-state index in [9.17, 15) is 8.78 Å². The van der Waals surface area contributed by atoms with Gasteiger partial charge in [-0.25, -0.2) is 4.39 Å². The van der Waals surface area contributed by atoms with E-state index in [1.807, 2.05) is 0 Å². The summed E-state index contributed by atoms with van der Waals surface area (Å²) in [6.07, 6.45) is 8.86. The molecule has 0 N–H and O–H groups in total. The van der Waals surface area contributed by atoms with Crippen molar-refractivity contribution < 1.29 is 13.5 Å². The highest BCUT2D eigenvalue weighted by Crippen LogP contribution is 2.38. The summed E-state index contributed by atoms with van der Waals surface area (Å²) in [6, 6.07) is 7.34. The molecular formula is C20H32F2OSi. The summed E-state index contributed by atoms with van der Waals surface area (Å²) in [6.45, 7) is 4.38. The Hall–Kier alpha value is -0.903. The van der Waals surface area contributed by atoms with E-state index in [2.05, 4.69) is 6.92 Å². The van der Waals surface area contributed by atoms with E-state index in [4.69, 9.17) is 4.74 Å². The van der Waals surface area contributed by atoms with Crippen LogP contribution in [-0.2, 0) is 0 Å². The maximum atomic E-state index is 14.3. The quantitative estimate of drug-likeness (QED) is 0.366. The van der Waals surface area contributed by atoms with E-state index >= 15 is 0 Å². The van der Waals surface area contributed by atoms with Crippen molar-refractivity contribution in [1.29, 1.82) is 0 Å². The van der Waals surface area contributed by atoms with Crippen LogP contribution in [0.15, 0.2) is 12.1 Å². The number of hydrogen-bond donors (Lipinski definition) is 0. The molecule has 1 fully saturated rings. The van der Waals surface area contributed by atoms with Gasteiger partial charge >= 0.3 is 0 Å². The van der Waals surface area contributed by atoms with Gasteiger partial charge in [0.15, 0.2) is 11.6 Å². The summed E-state index contributed by atoms with van der Waals surface area (Å²) in [4.78, 5) is 0. The van der Waals surface area contributed by atoms with Crippen molar-refractivity contribution >= 4 is 8.80 Å². The zero-order chi connectivity index (χ0) is 17.4. The van der Waals surface area contributed by atoms with Crippen molar-refractivity contribution in [2.24, 2.45) is 0 Å². The molecular weight excluding hydrogens is 322 g/mol. The van der Waals surface area contributed by atoms with Crippen molar-refractivity contribution in [2.75, 3.05) is 6.61 Å². The number of unbranched alkanes of at least 4 members (excludes halogenated alkanes) is 4. The summed E-state index contributed by atoms with van der Waals surface area (Å²) in [5.74, 6) is -1.27. The highest BCUT2D eigenvalue weighted by Gasteiger charge is 2.27. The molecule has 0 bridgehead atoms. The number of hydrogen-bond acceptors (Lipinski definition) is 1. The van der Waals surface area contributed by atoms with Crippen LogP contribution in [0.25, 0.3) is 0 Å². The Labute approximate surface area is 147 Å². The Kier molecular flexibility index (Phi) is 8.23. The van der Waals surface area contributed by atoms with E-state index in [0.29, 0.717) is 12.2 Å². The summed E-state index contributed by atoms with van der Waals surface area (Å²) in [5.41, 5.74) is 0.561. The van der Waals surface area contributed by atoms with Gasteiger partial charge in [0.25, 0.3) is 0 Å². The molecule has 2 rings (SSSR count). The Morgan fingerprint density at radius 1 is 1.00 bits per heavy atom. The molecule has 24 heavy (non-hydrogen) atoms. The van der Waals surface area contributed by atoms with Gasteiger partial charge < -0.3 is 4.74 Å². The molecule has 136 valence electrons. The van der Waals surface area contributed by atoms with Crippen LogP contribution in [0.3, 0.4) is 0 Å². The molecule has 1 aromatic carbocycles. The van der Waals surface area contributed by atoms with E-state index in [1.54, 1.807) is 19.1 Å². The van der Waals surface area contributed by atoms with Crippen molar-refractivity contribution in [2.45, 2.75) is 82.8 Å². The molecule has 0 atom stereocenters. The van der Waals surface area contributed by atoms with Gasteiger partial charge in [-0.2, -0.15) is 4.39 Å². The van der Waals surface area contributed by atoms with Crippen molar-refractivity contribution in [3.05, 3.63) is 29.3 Å². The van der Waals surface area contributed by atoms with Crippen LogP contribution >= 0.6 is 0 Å². The van der Waals surface area contributed by atoms with Gasteiger partial charge in [-0.1, -0.05) is 63.2 Å². The Morgan fingerprint density at radius 3 is 2.38 bits per heavy atom. The highest BCUT2D eigenvalue weighted by molar-refractivity contribution is 6.59. The zero-order valence-corrected chi connectivity index (χ0v) is 16.4. The second kappa shape index (κ2) is 10.2. The van der Waals surface area contributed by atoms with Crippen LogP contribution in [0.5, 0.6) is 5.75 Å². The normalized spacial score (nSPS) is 21.0. The number of ether oxygens (including phenoxy) is 1. The topological polar surface area (TPSA) is 9.23 Å². The molecule has 0 spiro atoms. The average Bonchev–Trinajstić information content (AvgIpc) is 2.60. The molecule has 1 nitrogen and oxygen atoms in total. The van der Waals surface area contributed by atoms with Gasteiger partial charge in [0, 0.05) is 8.80 Å². The first-order chi connectivity index (χ1) is 11.7. The van der Waals surface area contributed by atoms with Crippen molar-refractivity contribution in [3.63, 3.8) is 0 Å². The van der Waals surface area contributed by atoms with Crippen LogP contribution < -0.4 is 4.74 Å². The first-order valence-corrected chi connectivity index (χ1v) is 12.2. The summed E-state index contributed by atoms with van der Waals surface area (Å²) in [5, 5.41) is 0. The van der Waals surface area contributed by atoms with E-state index < -0.39 is 20.4 Å². The molecule has 0 aromatic heterocycles. The minimum Gasteiger partial charge on any atom is -0.491 e. The maximum absolute atomic E-state index is 14.3. The highest BCUT2D eigenvalue weighted by atomic mass is 28.3. The van der Waals surface area contributed by atoms with Gasteiger partial charge in [0.05, 0.1) is 6.61 Å². The molecule has 1 saturated heterocycles. The van der Waals surface area contributed by atoms with E-state index in [-0.39, 0.29) is 11.7 Å². The fraction of sp³-hybridized carbons (Fsp3) is 0.700. The van der Waals surface area contributed by atoms with Crippen LogP contribution in [0.1, 0.15) is 70.3 Å². The SMILES string of the molecule is CCCCCCC[Si@H]1CC[C@H](c2ccc(OCC)c(F)c2F)CC1. The first-order valence-electron chi connectivity index (χ1n) is 9.78. The number of halogens is 2. The predicted octanol–water partition coefficient (Wildman–Crippen LogP) is 6.44. The Balaban J connectivity index is 1.83. The second-order valence-electron chi connectivity index (χ2n) is 7.13. The fourth-order valence-electron chi connectivity index (χ4n) is 3.93. The lowest BCUT2D eigenvalue weighted by Crippen LogP contribution is -2.21. The van der Waals surface area contributed by atoms with Gasteiger partial charge in [-0.3, -0.25) is 0 Å². The first kappa shape index (κ1) is 19.4. The molecule has 0 amide bonds. The van der Waals surface area contributed by atoms with Gasteiger partial charge in [0.2, 0.25) is 5.82 Å². The number of rotatable bonds is 9. The third kappa shape index (κ3) is 5.30. The van der Waals surface area contributed by atoms with E-state index in [1.165, 1.54) is 50.2 Å². The zero-order valence-electron chi connectivity index (χ0n) is 15.3. The average molecular weight is 355 g/mol. The molecule has 4 heteroatoms. The Bertz CT molecular complexity index is 499. The number of benzene rings is 1. The van der Waals surface area contributed by atoms with Gasteiger partial charge in [-0.15, -0.1) is 0 Å². The fourth-order valence-corrected chi connectivity index (χ4v) is 7.41. The minimum atomic E-state index is -0.815. The lowest BCUT2D eigenvalue weighted by molar-refractivity contribution is 0.312. The smallest absolute Gasteiger partial charge is 0.200 e. The van der Waals surface area contributed by atoms with Crippen LogP contribution in [0, 0.1) is 11.6 Å². The van der Waals surface area contributed by atoms with Crippen LogP contribution in [0.4, 0.5) is 8.78 Å². The molecule has 0 saturated carbocycles. The monoisotopic (exact) mass is 354 g/mol. The van der Waals surface area contributed by atoms with E-state index in [0.717, 1.165) is 12.8 Å². The Morgan fingerprint density at radius 2 is 1.71 bits per heavy atom. The third-order valence-electron chi connectivity index (χ3n) is 5.38. The summed E-state index contributed by atoms with van der Waals surface area (Å²) in [7, 11) is -0.630. The lowest BCUT2D eigenvalue weighted by Gasteiger charge is -2.28. The molecule has 0 radical (unpaired) electrons. The van der Waals surface area contributed by atoms with Gasteiger partial charge in [-0.05, 0) is 37.3 Å². The maximum Gasteiger partial charge on any atom is 0.200 e. The summed E-state index contributed by atoms with van der Waals surface area (Å²) >= 11 is 0. The molecule has 1 aliphatic heterocycles. The molecule has 0 aliphatic carbocycles. The lowest BCUT2D eigenvalue weighted by atomic mass is 9.92. The van der Waals surface area contributed by atoms with Crippen molar-refractivity contribution in [1.82, 2.24) is 0 Å².